The molecule has 1 fully saturated rings. The van der Waals surface area contributed by atoms with Gasteiger partial charge in [-0.15, -0.1) is 0 Å². The molecule has 1 N–H and O–H groups in total. The zero-order chi connectivity index (χ0) is 23.5. The third-order valence-corrected chi connectivity index (χ3v) is 7.74. The Hall–Kier alpha value is -3.34. The highest BCUT2D eigenvalue weighted by atomic mass is 32.2. The number of imidazole rings is 1. The minimum atomic E-state index is -3.52. The minimum absolute atomic E-state index is 0.278. The average Bonchev–Trinajstić information content (AvgIpc) is 3.30. The third kappa shape index (κ3) is 4.65. The van der Waals surface area contributed by atoms with Crippen molar-refractivity contribution in [2.45, 2.75) is 17.7 Å². The van der Waals surface area contributed by atoms with E-state index < -0.39 is 10.0 Å². The van der Waals surface area contributed by atoms with E-state index in [9.17, 15) is 8.42 Å². The lowest BCUT2D eigenvalue weighted by Gasteiger charge is -2.26. The van der Waals surface area contributed by atoms with E-state index in [0.29, 0.717) is 38.4 Å². The molecule has 0 aliphatic carbocycles. The quantitative estimate of drug-likeness (QED) is 0.434. The first-order valence-corrected chi connectivity index (χ1v) is 12.5. The van der Waals surface area contributed by atoms with Crippen LogP contribution in [0.25, 0.3) is 22.3 Å². The predicted octanol–water partition coefficient (Wildman–Crippen LogP) is 2.83. The van der Waals surface area contributed by atoms with Crippen molar-refractivity contribution in [3.05, 3.63) is 66.4 Å². The van der Waals surface area contributed by atoms with Crippen LogP contribution in [0.4, 0.5) is 0 Å². The summed E-state index contributed by atoms with van der Waals surface area (Å²) in [6.45, 7) is 1.59. The lowest BCUT2D eigenvalue weighted by Crippen LogP contribution is -2.40. The normalized spacial score (nSPS) is 15.0. The molecule has 34 heavy (non-hydrogen) atoms. The van der Waals surface area contributed by atoms with E-state index in [1.807, 2.05) is 18.2 Å². The summed E-state index contributed by atoms with van der Waals surface area (Å²) in [6, 6.07) is 12.6. The molecule has 0 spiro atoms. The molecule has 1 aliphatic heterocycles. The molecule has 9 nitrogen and oxygen atoms in total. The van der Waals surface area contributed by atoms with Crippen molar-refractivity contribution in [2.75, 3.05) is 33.4 Å². The number of benzene rings is 1. The van der Waals surface area contributed by atoms with Crippen molar-refractivity contribution < 1.29 is 17.9 Å². The molecule has 0 unspecified atom stereocenters. The molecule has 4 heterocycles. The van der Waals surface area contributed by atoms with Gasteiger partial charge in [0.2, 0.25) is 10.0 Å². The van der Waals surface area contributed by atoms with E-state index in [1.54, 1.807) is 43.8 Å². The first kappa shape index (κ1) is 22.5. The Morgan fingerprint density at radius 1 is 1.03 bits per heavy atom. The Labute approximate surface area is 197 Å². The summed E-state index contributed by atoms with van der Waals surface area (Å²) in [5.41, 5.74) is 4.15. The highest BCUT2D eigenvalue weighted by molar-refractivity contribution is 7.89. The summed E-state index contributed by atoms with van der Waals surface area (Å²) in [6.07, 6.45) is 4.92. The van der Waals surface area contributed by atoms with Gasteiger partial charge in [-0.3, -0.25) is 4.98 Å². The van der Waals surface area contributed by atoms with Gasteiger partial charge in [-0.25, -0.2) is 18.4 Å². The fourth-order valence-electron chi connectivity index (χ4n) is 3.94. The van der Waals surface area contributed by atoms with Crippen molar-refractivity contribution in [3.63, 3.8) is 0 Å². The fraction of sp³-hybridized carbons (Fsp3) is 0.292. The van der Waals surface area contributed by atoms with Crippen LogP contribution in [0.15, 0.2) is 59.8 Å². The van der Waals surface area contributed by atoms with Crippen LogP contribution >= 0.6 is 0 Å². The number of fused-ring (bicyclic) bond motifs is 1. The number of H-pyrrole nitrogens is 1. The fourth-order valence-corrected chi connectivity index (χ4v) is 5.35. The number of ether oxygens (including phenoxy) is 2. The van der Waals surface area contributed by atoms with Crippen LogP contribution in [0.1, 0.15) is 11.5 Å². The molecule has 3 aromatic heterocycles. The van der Waals surface area contributed by atoms with E-state index in [0.717, 1.165) is 40.3 Å². The SMILES string of the molecule is COc1ccnc(CCc2nc3cc(-c4ccc(S(=O)(=O)N5CCOCC5)cc4)cnc3[nH]2)c1. The van der Waals surface area contributed by atoms with Crippen molar-refractivity contribution in [1.29, 1.82) is 0 Å². The van der Waals surface area contributed by atoms with Crippen molar-refractivity contribution in [3.8, 4) is 16.9 Å². The second kappa shape index (κ2) is 9.49. The average molecular weight is 480 g/mol. The molecular formula is C24H25N5O4S. The Balaban J connectivity index is 1.32. The van der Waals surface area contributed by atoms with Crippen molar-refractivity contribution >= 4 is 21.2 Å². The highest BCUT2D eigenvalue weighted by Crippen LogP contribution is 2.25. The smallest absolute Gasteiger partial charge is 0.243 e. The molecule has 0 radical (unpaired) electrons. The number of aromatic nitrogens is 4. The topological polar surface area (TPSA) is 110 Å². The molecule has 1 saturated heterocycles. The maximum Gasteiger partial charge on any atom is 0.243 e. The molecule has 0 bridgehead atoms. The van der Waals surface area contributed by atoms with Crippen LogP contribution in [0.3, 0.4) is 0 Å². The lowest BCUT2D eigenvalue weighted by molar-refractivity contribution is 0.0730. The van der Waals surface area contributed by atoms with E-state index in [4.69, 9.17) is 9.47 Å². The third-order valence-electron chi connectivity index (χ3n) is 5.82. The molecule has 0 amide bonds. The van der Waals surface area contributed by atoms with E-state index >= 15 is 0 Å². The Morgan fingerprint density at radius 3 is 2.59 bits per heavy atom. The summed E-state index contributed by atoms with van der Waals surface area (Å²) in [7, 11) is -1.88. The number of sulfonamides is 1. The second-order valence-electron chi connectivity index (χ2n) is 8.00. The Kier molecular flexibility index (Phi) is 6.27. The summed E-state index contributed by atoms with van der Waals surface area (Å²) < 4.78 is 37.7. The number of morpholine rings is 1. The van der Waals surface area contributed by atoms with E-state index in [1.165, 1.54) is 4.31 Å². The van der Waals surface area contributed by atoms with Crippen LogP contribution in [-0.2, 0) is 27.6 Å². The largest absolute Gasteiger partial charge is 0.497 e. The van der Waals surface area contributed by atoms with E-state index in [2.05, 4.69) is 19.9 Å². The number of rotatable bonds is 7. The highest BCUT2D eigenvalue weighted by Gasteiger charge is 2.26. The molecule has 5 rings (SSSR count). The van der Waals surface area contributed by atoms with Gasteiger partial charge in [0.25, 0.3) is 0 Å². The zero-order valence-electron chi connectivity index (χ0n) is 18.8. The van der Waals surface area contributed by atoms with Crippen molar-refractivity contribution in [2.24, 2.45) is 0 Å². The molecule has 10 heteroatoms. The number of aryl methyl sites for hydroxylation is 2. The van der Waals surface area contributed by atoms with E-state index in [-0.39, 0.29) is 4.90 Å². The lowest BCUT2D eigenvalue weighted by atomic mass is 10.1. The molecule has 0 saturated carbocycles. The van der Waals surface area contributed by atoms with Crippen LogP contribution in [0, 0.1) is 0 Å². The van der Waals surface area contributed by atoms with Crippen LogP contribution in [-0.4, -0.2) is 66.1 Å². The first-order valence-electron chi connectivity index (χ1n) is 11.0. The number of hydrogen-bond donors (Lipinski definition) is 1. The molecule has 0 atom stereocenters. The molecule has 1 aliphatic rings. The minimum Gasteiger partial charge on any atom is -0.497 e. The maximum atomic E-state index is 12.8. The van der Waals surface area contributed by atoms with Gasteiger partial charge >= 0.3 is 0 Å². The van der Waals surface area contributed by atoms with Gasteiger partial charge in [-0.2, -0.15) is 4.31 Å². The first-order chi connectivity index (χ1) is 16.5. The van der Waals surface area contributed by atoms with Gasteiger partial charge in [0.15, 0.2) is 5.65 Å². The molecule has 4 aromatic rings. The number of aromatic amines is 1. The van der Waals surface area contributed by atoms with Crippen LogP contribution in [0.2, 0.25) is 0 Å². The van der Waals surface area contributed by atoms with Crippen molar-refractivity contribution in [1.82, 2.24) is 24.2 Å². The van der Waals surface area contributed by atoms with Gasteiger partial charge in [-0.1, -0.05) is 12.1 Å². The maximum absolute atomic E-state index is 12.8. The standard InChI is InChI=1S/C24H25N5O4S/c1-32-20-8-9-25-19(15-20)4-7-23-27-22-14-18(16-26-24(22)28-23)17-2-5-21(6-3-17)34(30,31)29-10-12-33-13-11-29/h2-3,5-6,8-9,14-16H,4,7,10-13H2,1H3,(H,26,27,28). The van der Waals surface area contributed by atoms with Crippen LogP contribution < -0.4 is 4.74 Å². The zero-order valence-corrected chi connectivity index (χ0v) is 19.6. The van der Waals surface area contributed by atoms with Gasteiger partial charge in [0.1, 0.15) is 17.1 Å². The monoisotopic (exact) mass is 479 g/mol. The van der Waals surface area contributed by atoms with Gasteiger partial charge < -0.3 is 14.5 Å². The Bertz CT molecular complexity index is 1400. The number of nitrogens with zero attached hydrogens (tertiary/aromatic N) is 4. The predicted molar refractivity (Wildman–Crippen MR) is 127 cm³/mol. The summed E-state index contributed by atoms with van der Waals surface area (Å²) >= 11 is 0. The molecule has 176 valence electrons. The number of pyridine rings is 2. The molecule has 1 aromatic carbocycles. The summed E-state index contributed by atoms with van der Waals surface area (Å²) in [5, 5.41) is 0. The second-order valence-corrected chi connectivity index (χ2v) is 9.94. The van der Waals surface area contributed by atoms with Gasteiger partial charge in [-0.05, 0) is 36.2 Å². The van der Waals surface area contributed by atoms with Crippen LogP contribution in [0.5, 0.6) is 5.75 Å². The number of nitrogens with one attached hydrogen (secondary N) is 1. The number of methoxy groups -OCH3 is 1. The van der Waals surface area contributed by atoms with Gasteiger partial charge in [0, 0.05) is 49.2 Å². The Morgan fingerprint density at radius 2 is 1.82 bits per heavy atom. The number of hydrogen-bond acceptors (Lipinski definition) is 7. The molecular weight excluding hydrogens is 454 g/mol. The summed E-state index contributed by atoms with van der Waals surface area (Å²) in [4.78, 5) is 17.1. The van der Waals surface area contributed by atoms with Gasteiger partial charge in [0.05, 0.1) is 25.2 Å². The summed E-state index contributed by atoms with van der Waals surface area (Å²) in [5.74, 6) is 1.61.